The molecular formula is C47H62O5. The SMILES string of the molecule is Cc1c(Cc2ccccc2)c(=O)oc2c(C)c(OCC(=O)O[C@H]3CC[C@@]4(C)C(=CCC5C4CC[C@@]4(C)C5CC[C@@H]4[C@H](C)CCCC(C)C)C3)ccc12. The van der Waals surface area contributed by atoms with Gasteiger partial charge in [-0.1, -0.05) is 95.9 Å². The molecule has 7 rings (SSSR count). The lowest BCUT2D eigenvalue weighted by Crippen LogP contribution is -2.51. The van der Waals surface area contributed by atoms with E-state index in [4.69, 9.17) is 13.9 Å². The quantitative estimate of drug-likeness (QED) is 0.113. The van der Waals surface area contributed by atoms with Crippen LogP contribution < -0.4 is 10.4 Å². The summed E-state index contributed by atoms with van der Waals surface area (Å²) >= 11 is 0. The first kappa shape index (κ1) is 37.0. The third-order valence-corrected chi connectivity index (χ3v) is 14.8. The molecule has 0 saturated heterocycles. The second-order valence-corrected chi connectivity index (χ2v) is 18.2. The number of benzene rings is 2. The Bertz CT molecular complexity index is 1850. The number of aryl methyl sites for hydroxylation is 2. The summed E-state index contributed by atoms with van der Waals surface area (Å²) in [5.41, 5.74) is 5.76. The minimum atomic E-state index is -0.342. The van der Waals surface area contributed by atoms with Crippen molar-refractivity contribution in [2.45, 2.75) is 132 Å². The van der Waals surface area contributed by atoms with Gasteiger partial charge >= 0.3 is 11.6 Å². The molecule has 2 aromatic carbocycles. The van der Waals surface area contributed by atoms with Crippen LogP contribution in [0, 0.1) is 60.2 Å². The molecule has 1 heterocycles. The van der Waals surface area contributed by atoms with Crippen molar-refractivity contribution in [3.63, 3.8) is 0 Å². The van der Waals surface area contributed by atoms with Gasteiger partial charge in [-0.2, -0.15) is 0 Å². The molecule has 0 amide bonds. The Kier molecular flexibility index (Phi) is 10.5. The molecule has 0 aliphatic heterocycles. The van der Waals surface area contributed by atoms with Gasteiger partial charge in [-0.15, -0.1) is 0 Å². The molecule has 3 unspecified atom stereocenters. The Labute approximate surface area is 311 Å². The van der Waals surface area contributed by atoms with Gasteiger partial charge in [0.2, 0.25) is 0 Å². The largest absolute Gasteiger partial charge is 0.481 e. The lowest BCUT2D eigenvalue weighted by Gasteiger charge is -2.58. The number of allylic oxidation sites excluding steroid dienone is 1. The minimum absolute atomic E-state index is 0.107. The van der Waals surface area contributed by atoms with Crippen molar-refractivity contribution in [3.8, 4) is 5.75 Å². The lowest BCUT2D eigenvalue weighted by molar-refractivity contribution is -0.153. The Hall–Kier alpha value is -3.34. The molecule has 0 bridgehead atoms. The van der Waals surface area contributed by atoms with E-state index in [1.165, 1.54) is 56.9 Å². The first-order valence-corrected chi connectivity index (χ1v) is 20.5. The van der Waals surface area contributed by atoms with Gasteiger partial charge in [0.1, 0.15) is 17.4 Å². The van der Waals surface area contributed by atoms with Gasteiger partial charge in [0, 0.05) is 29.4 Å². The molecule has 8 atom stereocenters. The zero-order valence-electron chi connectivity index (χ0n) is 32.9. The van der Waals surface area contributed by atoms with Gasteiger partial charge in [0.05, 0.1) is 0 Å². The van der Waals surface area contributed by atoms with Crippen LogP contribution in [0.15, 0.2) is 63.3 Å². The van der Waals surface area contributed by atoms with Crippen LogP contribution in [0.25, 0.3) is 11.0 Å². The van der Waals surface area contributed by atoms with Gasteiger partial charge < -0.3 is 13.9 Å². The second kappa shape index (κ2) is 14.8. The minimum Gasteiger partial charge on any atom is -0.481 e. The van der Waals surface area contributed by atoms with Crippen molar-refractivity contribution in [1.82, 2.24) is 0 Å². The third kappa shape index (κ3) is 6.91. The van der Waals surface area contributed by atoms with E-state index in [-0.39, 0.29) is 29.7 Å². The number of carbonyl (C=O) groups is 1. The zero-order valence-corrected chi connectivity index (χ0v) is 32.9. The van der Waals surface area contributed by atoms with Crippen LogP contribution in [0.2, 0.25) is 0 Å². The zero-order chi connectivity index (χ0) is 36.8. The van der Waals surface area contributed by atoms with Gasteiger partial charge in [-0.25, -0.2) is 9.59 Å². The Morgan fingerprint density at radius 2 is 1.71 bits per heavy atom. The van der Waals surface area contributed by atoms with Gasteiger partial charge in [-0.05, 0) is 128 Å². The standard InChI is InChI=1S/C47H62O5/c1-29(2)12-11-13-30(3)39-19-20-40-37-17-16-34-27-35(22-24-46(34,6)41(37)23-25-47(39,40)7)51-43(48)28-50-42-21-18-36-31(4)38(26-33-14-9-8-10-15-33)45(49)52-44(36)32(42)5/h8-10,14-16,18,21,29-30,35,37,39-41H,11-13,17,19-20,22-28H2,1-7H3/t30-,35+,37?,39-,40?,41?,46+,47-/m1/s1. The maximum absolute atomic E-state index is 13.2. The Morgan fingerprint density at radius 3 is 2.48 bits per heavy atom. The van der Waals surface area contributed by atoms with Crippen molar-refractivity contribution in [3.05, 3.63) is 86.8 Å². The number of hydrogen-bond acceptors (Lipinski definition) is 5. The molecule has 4 aliphatic carbocycles. The first-order valence-electron chi connectivity index (χ1n) is 20.5. The summed E-state index contributed by atoms with van der Waals surface area (Å²) in [4.78, 5) is 26.2. The highest BCUT2D eigenvalue weighted by Gasteiger charge is 2.59. The second-order valence-electron chi connectivity index (χ2n) is 18.2. The Balaban J connectivity index is 0.961. The van der Waals surface area contributed by atoms with Gasteiger partial charge in [-0.3, -0.25) is 0 Å². The highest BCUT2D eigenvalue weighted by Crippen LogP contribution is 2.67. The number of esters is 1. The molecule has 0 radical (unpaired) electrons. The third-order valence-electron chi connectivity index (χ3n) is 14.8. The van der Waals surface area contributed by atoms with Crippen molar-refractivity contribution in [1.29, 1.82) is 0 Å². The van der Waals surface area contributed by atoms with Crippen molar-refractivity contribution in [2.75, 3.05) is 6.61 Å². The van der Waals surface area contributed by atoms with E-state index in [0.29, 0.717) is 34.3 Å². The maximum atomic E-state index is 13.2. The average Bonchev–Trinajstić information content (AvgIpc) is 3.48. The lowest BCUT2D eigenvalue weighted by atomic mass is 9.47. The number of rotatable bonds is 11. The van der Waals surface area contributed by atoms with Crippen LogP contribution >= 0.6 is 0 Å². The van der Waals surface area contributed by atoms with Crippen molar-refractivity contribution < 1.29 is 18.7 Å². The summed E-state index contributed by atoms with van der Waals surface area (Å²) < 4.78 is 17.9. The molecule has 3 saturated carbocycles. The summed E-state index contributed by atoms with van der Waals surface area (Å²) in [6.45, 7) is 16.2. The molecule has 3 fully saturated rings. The summed E-state index contributed by atoms with van der Waals surface area (Å²) in [6, 6.07) is 13.8. The van der Waals surface area contributed by atoms with E-state index >= 15 is 0 Å². The fraction of sp³-hybridized carbons (Fsp3) is 0.617. The van der Waals surface area contributed by atoms with E-state index in [1.54, 1.807) is 0 Å². The van der Waals surface area contributed by atoms with Crippen LogP contribution in [-0.2, 0) is 16.0 Å². The van der Waals surface area contributed by atoms with Crippen LogP contribution in [0.1, 0.15) is 128 Å². The van der Waals surface area contributed by atoms with Crippen LogP contribution in [0.3, 0.4) is 0 Å². The number of ether oxygens (including phenoxy) is 2. The molecule has 4 aliphatic rings. The van der Waals surface area contributed by atoms with E-state index in [0.717, 1.165) is 71.3 Å². The van der Waals surface area contributed by atoms with Gasteiger partial charge in [0.15, 0.2) is 6.61 Å². The highest BCUT2D eigenvalue weighted by atomic mass is 16.6. The number of hydrogen-bond donors (Lipinski definition) is 0. The van der Waals surface area contributed by atoms with E-state index in [2.05, 4.69) is 40.7 Å². The van der Waals surface area contributed by atoms with Crippen molar-refractivity contribution >= 4 is 16.9 Å². The highest BCUT2D eigenvalue weighted by molar-refractivity contribution is 5.86. The molecule has 52 heavy (non-hydrogen) atoms. The molecule has 280 valence electrons. The summed E-state index contributed by atoms with van der Waals surface area (Å²) in [7, 11) is 0. The predicted molar refractivity (Wildman–Crippen MR) is 210 cm³/mol. The van der Waals surface area contributed by atoms with Gasteiger partial charge in [0.25, 0.3) is 0 Å². The Morgan fingerprint density at radius 1 is 0.923 bits per heavy atom. The average molecular weight is 707 g/mol. The first-order chi connectivity index (χ1) is 24.9. The summed E-state index contributed by atoms with van der Waals surface area (Å²) in [6.07, 6.45) is 16.7. The summed E-state index contributed by atoms with van der Waals surface area (Å²) in [5, 5.41) is 0.883. The summed E-state index contributed by atoms with van der Waals surface area (Å²) in [5.74, 6) is 5.09. The smallest absolute Gasteiger partial charge is 0.344 e. The van der Waals surface area contributed by atoms with Crippen LogP contribution in [0.4, 0.5) is 0 Å². The predicted octanol–water partition coefficient (Wildman–Crippen LogP) is 11.3. The molecule has 0 spiro atoms. The van der Waals surface area contributed by atoms with E-state index in [9.17, 15) is 9.59 Å². The maximum Gasteiger partial charge on any atom is 0.344 e. The normalized spacial score (nSPS) is 30.3. The monoisotopic (exact) mass is 706 g/mol. The van der Waals surface area contributed by atoms with Crippen molar-refractivity contribution in [2.24, 2.45) is 46.3 Å². The topological polar surface area (TPSA) is 65.7 Å². The van der Waals surface area contributed by atoms with Crippen LogP contribution in [0.5, 0.6) is 5.75 Å². The molecule has 3 aromatic rings. The fourth-order valence-corrected chi connectivity index (χ4v) is 11.8. The molecule has 1 aromatic heterocycles. The molecular weight excluding hydrogens is 645 g/mol. The number of carbonyl (C=O) groups excluding carboxylic acids is 1. The van der Waals surface area contributed by atoms with E-state index < -0.39 is 0 Å². The molecule has 5 nitrogen and oxygen atoms in total. The van der Waals surface area contributed by atoms with E-state index in [1.807, 2.05) is 56.3 Å². The van der Waals surface area contributed by atoms with Crippen LogP contribution in [-0.4, -0.2) is 18.7 Å². The number of fused-ring (bicyclic) bond motifs is 6. The fourth-order valence-electron chi connectivity index (χ4n) is 11.8. The molecule has 0 N–H and O–H groups in total. The molecule has 5 heteroatoms.